The van der Waals surface area contributed by atoms with Crippen molar-refractivity contribution < 1.29 is 14.3 Å². The largest absolute Gasteiger partial charge is 0.469 e. The van der Waals surface area contributed by atoms with Crippen molar-refractivity contribution >= 4 is 11.9 Å². The maximum atomic E-state index is 10.9. The van der Waals surface area contributed by atoms with Gasteiger partial charge in [0.15, 0.2) is 0 Å². The van der Waals surface area contributed by atoms with Crippen molar-refractivity contribution in [3.63, 3.8) is 0 Å². The maximum Gasteiger partial charge on any atom is 0.315 e. The molecule has 0 heterocycles. The summed E-state index contributed by atoms with van der Waals surface area (Å²) >= 11 is 0. The monoisotopic (exact) mass is 173 g/mol. The molecule has 0 spiro atoms. The van der Waals surface area contributed by atoms with Gasteiger partial charge in [0.2, 0.25) is 5.91 Å². The van der Waals surface area contributed by atoms with Crippen LogP contribution in [0.2, 0.25) is 0 Å². The van der Waals surface area contributed by atoms with E-state index in [4.69, 9.17) is 0 Å². The maximum absolute atomic E-state index is 10.9. The molecule has 0 aromatic carbocycles. The molecule has 0 aliphatic carbocycles. The minimum absolute atomic E-state index is 0.191. The summed E-state index contributed by atoms with van der Waals surface area (Å²) in [6.07, 6.45) is -0.191. The number of rotatable bonds is 4. The first-order valence-electron chi connectivity index (χ1n) is 3.89. The third kappa shape index (κ3) is 5.70. The number of carbonyl (C=O) groups excluding carboxylic acids is 2. The van der Waals surface area contributed by atoms with E-state index in [0.717, 1.165) is 0 Å². The van der Waals surface area contributed by atoms with Crippen molar-refractivity contribution in [1.29, 1.82) is 0 Å². The van der Waals surface area contributed by atoms with Gasteiger partial charge in [0, 0.05) is 6.54 Å². The van der Waals surface area contributed by atoms with Crippen molar-refractivity contribution in [2.75, 3.05) is 13.7 Å². The molecule has 0 bridgehead atoms. The van der Waals surface area contributed by atoms with Gasteiger partial charge in [-0.25, -0.2) is 0 Å². The van der Waals surface area contributed by atoms with Crippen molar-refractivity contribution in [3.8, 4) is 0 Å². The number of hydrogen-bond donors (Lipinski definition) is 1. The third-order valence-electron chi connectivity index (χ3n) is 1.24. The highest BCUT2D eigenvalue weighted by Gasteiger charge is 2.08. The van der Waals surface area contributed by atoms with Crippen LogP contribution in [0.25, 0.3) is 0 Å². The molecule has 0 fully saturated rings. The Morgan fingerprint density at radius 1 is 1.42 bits per heavy atom. The number of nitrogens with one attached hydrogen (secondary N) is 1. The van der Waals surface area contributed by atoms with Gasteiger partial charge in [-0.2, -0.15) is 0 Å². The SMILES string of the molecule is COC(=O)CC(=O)NCC(C)C. The van der Waals surface area contributed by atoms with Crippen LogP contribution in [0.5, 0.6) is 0 Å². The molecule has 70 valence electrons. The first kappa shape index (κ1) is 10.9. The van der Waals surface area contributed by atoms with Crippen LogP contribution in [0.3, 0.4) is 0 Å². The van der Waals surface area contributed by atoms with Crippen LogP contribution in [0.4, 0.5) is 0 Å². The fourth-order valence-corrected chi connectivity index (χ4v) is 0.584. The highest BCUT2D eigenvalue weighted by molar-refractivity contribution is 5.94. The molecular formula is C8H15NO3. The minimum Gasteiger partial charge on any atom is -0.469 e. The number of methoxy groups -OCH3 is 1. The summed E-state index contributed by atoms with van der Waals surface area (Å²) < 4.78 is 4.33. The summed E-state index contributed by atoms with van der Waals surface area (Å²) in [7, 11) is 1.26. The summed E-state index contributed by atoms with van der Waals surface area (Å²) in [4.78, 5) is 21.5. The molecule has 1 N–H and O–H groups in total. The third-order valence-corrected chi connectivity index (χ3v) is 1.24. The van der Waals surface area contributed by atoms with E-state index in [9.17, 15) is 9.59 Å². The summed E-state index contributed by atoms with van der Waals surface area (Å²) in [5.41, 5.74) is 0. The molecule has 0 saturated carbocycles. The summed E-state index contributed by atoms with van der Waals surface area (Å²) in [5.74, 6) is -0.390. The van der Waals surface area contributed by atoms with Gasteiger partial charge in [-0.1, -0.05) is 13.8 Å². The molecule has 4 nitrogen and oxygen atoms in total. The second-order valence-electron chi connectivity index (χ2n) is 2.95. The van der Waals surface area contributed by atoms with E-state index < -0.39 is 5.97 Å². The summed E-state index contributed by atoms with van der Waals surface area (Å²) in [6, 6.07) is 0. The molecule has 0 atom stereocenters. The van der Waals surface area contributed by atoms with Crippen molar-refractivity contribution in [2.24, 2.45) is 5.92 Å². The normalized spacial score (nSPS) is 9.67. The lowest BCUT2D eigenvalue weighted by Gasteiger charge is -2.06. The first-order valence-corrected chi connectivity index (χ1v) is 3.89. The summed E-state index contributed by atoms with van der Waals surface area (Å²) in [6.45, 7) is 4.56. The topological polar surface area (TPSA) is 55.4 Å². The molecular weight excluding hydrogens is 158 g/mol. The molecule has 0 rings (SSSR count). The Balaban J connectivity index is 3.53. The lowest BCUT2D eigenvalue weighted by atomic mass is 10.2. The molecule has 4 heteroatoms. The van der Waals surface area contributed by atoms with Crippen LogP contribution >= 0.6 is 0 Å². The zero-order valence-electron chi connectivity index (χ0n) is 7.72. The van der Waals surface area contributed by atoms with Gasteiger partial charge in [0.25, 0.3) is 0 Å². The van der Waals surface area contributed by atoms with Crippen LogP contribution in [0.1, 0.15) is 20.3 Å². The predicted octanol–water partition coefficient (Wildman–Crippen LogP) is 0.322. The number of esters is 1. The van der Waals surface area contributed by atoms with Crippen LogP contribution in [-0.2, 0) is 14.3 Å². The molecule has 0 saturated heterocycles. The van der Waals surface area contributed by atoms with Crippen LogP contribution in [0, 0.1) is 5.92 Å². The fourth-order valence-electron chi connectivity index (χ4n) is 0.584. The summed E-state index contributed by atoms with van der Waals surface area (Å²) in [5, 5.41) is 2.61. The van der Waals surface area contributed by atoms with Gasteiger partial charge in [-0.05, 0) is 5.92 Å². The van der Waals surface area contributed by atoms with E-state index >= 15 is 0 Å². The minimum atomic E-state index is -0.503. The van der Waals surface area contributed by atoms with Crippen LogP contribution in [-0.4, -0.2) is 25.5 Å². The van der Waals surface area contributed by atoms with Crippen LogP contribution in [0.15, 0.2) is 0 Å². The smallest absolute Gasteiger partial charge is 0.315 e. The Morgan fingerprint density at radius 3 is 2.42 bits per heavy atom. The Bertz CT molecular complexity index is 166. The molecule has 12 heavy (non-hydrogen) atoms. The van der Waals surface area contributed by atoms with E-state index in [-0.39, 0.29) is 12.3 Å². The average Bonchev–Trinajstić information content (AvgIpc) is 2.00. The van der Waals surface area contributed by atoms with E-state index in [2.05, 4.69) is 10.1 Å². The Labute approximate surface area is 72.3 Å². The Kier molecular flexibility index (Phi) is 5.08. The molecule has 0 aromatic rings. The molecule has 0 aliphatic heterocycles. The molecule has 0 unspecified atom stereocenters. The van der Waals surface area contributed by atoms with Crippen molar-refractivity contribution in [2.45, 2.75) is 20.3 Å². The van der Waals surface area contributed by atoms with Gasteiger partial charge < -0.3 is 10.1 Å². The molecule has 0 radical (unpaired) electrons. The van der Waals surface area contributed by atoms with Gasteiger partial charge in [-0.3, -0.25) is 9.59 Å². The lowest BCUT2D eigenvalue weighted by Crippen LogP contribution is -2.29. The van der Waals surface area contributed by atoms with Gasteiger partial charge >= 0.3 is 5.97 Å². The lowest BCUT2D eigenvalue weighted by molar-refractivity contribution is -0.143. The zero-order valence-corrected chi connectivity index (χ0v) is 7.72. The highest BCUT2D eigenvalue weighted by atomic mass is 16.5. The van der Waals surface area contributed by atoms with E-state index in [1.165, 1.54) is 7.11 Å². The second-order valence-corrected chi connectivity index (χ2v) is 2.95. The number of hydrogen-bond acceptors (Lipinski definition) is 3. The molecule has 0 aliphatic rings. The van der Waals surface area contributed by atoms with Gasteiger partial charge in [0.05, 0.1) is 7.11 Å². The number of ether oxygens (including phenoxy) is 1. The highest BCUT2D eigenvalue weighted by Crippen LogP contribution is 1.89. The van der Waals surface area contributed by atoms with E-state index in [1.807, 2.05) is 13.8 Å². The molecule has 0 aromatic heterocycles. The Morgan fingerprint density at radius 2 is 2.00 bits per heavy atom. The number of amides is 1. The van der Waals surface area contributed by atoms with Crippen LogP contribution < -0.4 is 5.32 Å². The van der Waals surface area contributed by atoms with Crippen molar-refractivity contribution in [1.82, 2.24) is 5.32 Å². The zero-order chi connectivity index (χ0) is 9.56. The first-order chi connectivity index (χ1) is 5.56. The second kappa shape index (κ2) is 5.57. The van der Waals surface area contributed by atoms with E-state index in [1.54, 1.807) is 0 Å². The van der Waals surface area contributed by atoms with E-state index in [0.29, 0.717) is 12.5 Å². The van der Waals surface area contributed by atoms with Crippen molar-refractivity contribution in [3.05, 3.63) is 0 Å². The standard InChI is InChI=1S/C8H15NO3/c1-6(2)5-9-7(10)4-8(11)12-3/h6H,4-5H2,1-3H3,(H,9,10). The quantitative estimate of drug-likeness (QED) is 0.492. The number of carbonyl (C=O) groups is 2. The predicted molar refractivity (Wildman–Crippen MR) is 44.5 cm³/mol. The Hall–Kier alpha value is -1.06. The fraction of sp³-hybridized carbons (Fsp3) is 0.750. The van der Waals surface area contributed by atoms with Gasteiger partial charge in [0.1, 0.15) is 6.42 Å². The van der Waals surface area contributed by atoms with Gasteiger partial charge in [-0.15, -0.1) is 0 Å². The average molecular weight is 173 g/mol. The molecule has 1 amide bonds.